The molecule has 0 heterocycles. The minimum Gasteiger partial charge on any atom is -0.481 e. The van der Waals surface area contributed by atoms with Crippen molar-refractivity contribution in [2.24, 2.45) is 28.1 Å². The lowest BCUT2D eigenvalue weighted by Crippen LogP contribution is -2.59. The van der Waals surface area contributed by atoms with E-state index in [0.717, 1.165) is 44.9 Å². The van der Waals surface area contributed by atoms with Gasteiger partial charge < -0.3 is 83.9 Å². The van der Waals surface area contributed by atoms with Gasteiger partial charge in [-0.2, -0.15) is 0 Å². The molecule has 0 aliphatic heterocycles. The van der Waals surface area contributed by atoms with E-state index < -0.39 is 165 Å². The van der Waals surface area contributed by atoms with E-state index >= 15 is 0 Å². The Morgan fingerprint density at radius 3 is 1.55 bits per heavy atom. The lowest BCUT2D eigenvalue weighted by molar-refractivity contribution is -0.161. The first kappa shape index (κ1) is 103. The van der Waals surface area contributed by atoms with Gasteiger partial charge in [0.05, 0.1) is 39.3 Å². The van der Waals surface area contributed by atoms with Crippen LogP contribution in [-0.4, -0.2) is 169 Å². The van der Waals surface area contributed by atoms with Gasteiger partial charge in [0, 0.05) is 37.9 Å². The van der Waals surface area contributed by atoms with Gasteiger partial charge in [0.2, 0.25) is 35.4 Å². The summed E-state index contributed by atoms with van der Waals surface area (Å²) < 4.78 is 40.7. The van der Waals surface area contributed by atoms with Crippen LogP contribution in [0, 0.1) is 5.92 Å². The molecule has 0 bridgehead atoms. The average Bonchev–Trinajstić information content (AvgIpc) is 0.772. The number of unbranched alkanes of at least 4 members (excludes halogenated alkanes) is 28. The number of aliphatic carboxylic acids is 1. The summed E-state index contributed by atoms with van der Waals surface area (Å²) in [6.45, 7) is 10.9. The van der Waals surface area contributed by atoms with Crippen molar-refractivity contribution < 1.29 is 85.8 Å². The van der Waals surface area contributed by atoms with E-state index in [1.54, 1.807) is 58.0 Å². The van der Waals surface area contributed by atoms with E-state index in [1.165, 1.54) is 149 Å². The van der Waals surface area contributed by atoms with Crippen LogP contribution in [-0.2, 0) is 82.2 Å². The molecule has 2 aromatic carbocycles. The predicted molar refractivity (Wildman–Crippen MR) is 444 cm³/mol. The number of carbonyl (C=O) groups excluding carboxylic acids is 9. The van der Waals surface area contributed by atoms with Crippen LogP contribution in [0.1, 0.15) is 292 Å². The van der Waals surface area contributed by atoms with Gasteiger partial charge in [-0.25, -0.2) is 4.57 Å². The molecule has 0 saturated carbocycles. The van der Waals surface area contributed by atoms with Crippen molar-refractivity contribution in [1.29, 1.82) is 0 Å². The molecular formula is C82H141N12O20P. The maximum Gasteiger partial charge on any atom is 0.472 e. The van der Waals surface area contributed by atoms with Crippen LogP contribution < -0.4 is 70.6 Å². The highest BCUT2D eigenvalue weighted by Gasteiger charge is 2.35. The molecule has 32 nitrogen and oxygen atoms in total. The minimum atomic E-state index is -4.82. The lowest BCUT2D eigenvalue weighted by Gasteiger charge is -2.31. The third-order valence-corrected chi connectivity index (χ3v) is 20.5. The summed E-state index contributed by atoms with van der Waals surface area (Å²) in [4.78, 5) is 171. The molecule has 33 heteroatoms. The van der Waals surface area contributed by atoms with Crippen LogP contribution >= 0.6 is 7.82 Å². The number of phosphoric ester groups is 1. The number of amides is 7. The number of guanidine groups is 1. The highest BCUT2D eigenvalue weighted by molar-refractivity contribution is 7.47. The number of primary amides is 1. The number of aliphatic imine (C=N–C) groups is 1. The summed E-state index contributed by atoms with van der Waals surface area (Å²) in [6.07, 6.45) is 33.7. The Labute approximate surface area is 681 Å². The van der Waals surface area contributed by atoms with Crippen LogP contribution in [0.15, 0.2) is 44.9 Å². The number of rotatable bonds is 71. The summed E-state index contributed by atoms with van der Waals surface area (Å²) in [5.41, 5.74) is 12.1. The van der Waals surface area contributed by atoms with Gasteiger partial charge in [-0.15, -0.1) is 0 Å². The second kappa shape index (κ2) is 59.6. The Bertz CT molecular complexity index is 3350. The molecule has 0 aliphatic carbocycles. The second-order valence-electron chi connectivity index (χ2n) is 31.3. The van der Waals surface area contributed by atoms with Crippen molar-refractivity contribution in [3.8, 4) is 0 Å². The zero-order valence-corrected chi connectivity index (χ0v) is 70.9. The number of carbonyl (C=O) groups is 10. The molecule has 16 N–H and O–H groups in total. The summed E-state index contributed by atoms with van der Waals surface area (Å²) in [6, 6.07) is 2.94. The lowest BCUT2D eigenvalue weighted by atomic mass is 9.99. The van der Waals surface area contributed by atoms with Crippen LogP contribution in [0.5, 0.6) is 0 Å². The van der Waals surface area contributed by atoms with Crippen molar-refractivity contribution in [3.05, 3.63) is 56.3 Å². The molecular weight excluding hydrogens is 1500 g/mol. The third kappa shape index (κ3) is 48.9. The van der Waals surface area contributed by atoms with E-state index in [0.29, 0.717) is 18.4 Å². The maximum absolute atomic E-state index is 14.2. The number of carboxylic acids is 1. The van der Waals surface area contributed by atoms with Gasteiger partial charge in [0.25, 0.3) is 16.8 Å². The number of nitrogens with zero attached hydrogens (tertiary/aromatic N) is 1. The fourth-order valence-corrected chi connectivity index (χ4v) is 13.3. The number of hydrogen-bond acceptors (Lipinski definition) is 21. The molecule has 6 unspecified atom stereocenters. The van der Waals surface area contributed by atoms with Crippen LogP contribution in [0.4, 0.5) is 11.4 Å². The van der Waals surface area contributed by atoms with Crippen molar-refractivity contribution in [1.82, 2.24) is 31.9 Å². The fourth-order valence-electron chi connectivity index (χ4n) is 12.6. The second-order valence-corrected chi connectivity index (χ2v) is 32.8. The summed E-state index contributed by atoms with van der Waals surface area (Å²) in [7, 11) is -4.82. The molecule has 0 spiro atoms. The largest absolute Gasteiger partial charge is 0.481 e. The summed E-state index contributed by atoms with van der Waals surface area (Å²) in [5.74, 6) is -9.40. The number of nitrogens with two attached hydrogens (primary N) is 3. The Morgan fingerprint density at radius 1 is 0.548 bits per heavy atom. The topological polar surface area (TPSA) is 495 Å². The first-order valence-corrected chi connectivity index (χ1v) is 43.5. The first-order chi connectivity index (χ1) is 54.7. The molecule has 0 fully saturated rings. The smallest absolute Gasteiger partial charge is 0.472 e. The fraction of sp³-hybridized carbons (Fsp3) is 0.744. The molecule has 7 amide bonds. The van der Waals surface area contributed by atoms with Crippen LogP contribution in [0.2, 0.25) is 0 Å². The van der Waals surface area contributed by atoms with Crippen molar-refractivity contribution >= 4 is 84.4 Å². The zero-order chi connectivity index (χ0) is 85.5. The molecule has 654 valence electrons. The zero-order valence-electron chi connectivity index (χ0n) is 70.0. The molecule has 0 aromatic heterocycles. The highest BCUT2D eigenvalue weighted by atomic mass is 31.2. The Kier molecular flexibility index (Phi) is 53.4. The third-order valence-electron chi connectivity index (χ3n) is 19.5. The van der Waals surface area contributed by atoms with E-state index in [9.17, 15) is 67.0 Å². The van der Waals surface area contributed by atoms with Gasteiger partial charge in [0.15, 0.2) is 12.1 Å². The number of anilines is 2. The number of phosphoric acid groups is 1. The first-order valence-electron chi connectivity index (χ1n) is 42.0. The Hall–Kier alpha value is -8.06. The van der Waals surface area contributed by atoms with E-state index in [-0.39, 0.29) is 75.6 Å². The SMILES string of the molecule is CCCCCCCCCCCCCCCCCC(=O)OCC(COP(=O)(O)OCCNC(=O)C(C)(C)OCCC(C)(C)Nc1c(NCC(=O)NC(Cc2ccccc2)C(=O)NC(C(=O)NC(CCCN=C(N)N)C(=O)NCC(=O)NC(CC(=O)O)C(N)=O)C(C)C)c(=O)c1=O)OC(=O)CCCCCCCCCCCCCCCCC. The number of hydrogen-bond donors (Lipinski definition) is 13. The molecule has 115 heavy (non-hydrogen) atoms. The Morgan fingerprint density at radius 2 is 1.04 bits per heavy atom. The van der Waals surface area contributed by atoms with Gasteiger partial charge in [0.1, 0.15) is 47.8 Å². The normalized spacial score (nSPS) is 13.4. The van der Waals surface area contributed by atoms with Crippen molar-refractivity contribution in [3.63, 3.8) is 0 Å². The summed E-state index contributed by atoms with van der Waals surface area (Å²) >= 11 is 0. The number of ether oxygens (including phenoxy) is 3. The monoisotopic (exact) mass is 1650 g/mol. The van der Waals surface area contributed by atoms with E-state index in [2.05, 4.69) is 61.4 Å². The summed E-state index contributed by atoms with van der Waals surface area (Å²) in [5, 5.41) is 29.8. The average molecular weight is 1650 g/mol. The van der Waals surface area contributed by atoms with E-state index in [1.807, 2.05) is 0 Å². The van der Waals surface area contributed by atoms with Gasteiger partial charge >= 0.3 is 25.7 Å². The highest BCUT2D eigenvalue weighted by Crippen LogP contribution is 2.43. The van der Waals surface area contributed by atoms with Gasteiger partial charge in [-0.1, -0.05) is 238 Å². The standard InChI is InChI=1S/C82H141N12O20P/c1-9-11-13-15-17-19-21-23-25-27-29-31-33-35-40-46-68(99)110-57-61(114-69(100)47-41-36-34-32-30-28-26-24-22-20-18-16-14-12-10-2)58-113-115(108,109)112-52-50-86-79(107)82(7,8)111-51-48-81(5,6)94-72-71(73(101)74(72)102)88-55-65(95)91-64(53-60-43-38-37-39-44-60)77(105)93-70(59(3)4)78(106)92-62(45-42-49-87-80(84)85)76(104)89-56-66(96)90-63(75(83)103)54-67(97)98/h37-39,43-44,59,61-64,70,88,94H,9-36,40-42,45-58H2,1-8H3,(H2,83,103)(H,86,107)(H,89,104)(H,90,96)(H,91,95)(H,92,106)(H,93,105)(H,97,98)(H,108,109)(H4,84,85,87). The quantitative estimate of drug-likeness (QED) is 0.00732. The van der Waals surface area contributed by atoms with Crippen LogP contribution in [0.25, 0.3) is 0 Å². The molecule has 0 saturated heterocycles. The van der Waals surface area contributed by atoms with E-state index in [4.69, 9.17) is 45.6 Å². The molecule has 2 rings (SSSR count). The van der Waals surface area contributed by atoms with Gasteiger partial charge in [-0.3, -0.25) is 71.6 Å². The number of nitrogens with one attached hydrogen (secondary N) is 8. The Balaban J connectivity index is 2.00. The maximum atomic E-state index is 14.2. The molecule has 6 atom stereocenters. The van der Waals surface area contributed by atoms with Gasteiger partial charge in [-0.05, 0) is 71.3 Å². The number of esters is 2. The molecule has 2 aromatic rings. The predicted octanol–water partition coefficient (Wildman–Crippen LogP) is 9.27. The minimum absolute atomic E-state index is 0.0318. The van der Waals surface area contributed by atoms with Crippen molar-refractivity contribution in [2.45, 2.75) is 334 Å². The molecule has 0 aliphatic rings. The van der Waals surface area contributed by atoms with Crippen molar-refractivity contribution in [2.75, 3.05) is 63.2 Å². The number of benzene rings is 1. The number of carboxylic acid groups (broad SMARTS) is 1. The molecule has 0 radical (unpaired) electrons. The van der Waals surface area contributed by atoms with Crippen LogP contribution in [0.3, 0.4) is 0 Å².